The number of aliphatic hydroxyl groups is 1. The maximum Gasteiger partial charge on any atom is 0.0669 e. The van der Waals surface area contributed by atoms with Gasteiger partial charge >= 0.3 is 0 Å². The third kappa shape index (κ3) is 3.94. The third-order valence-electron chi connectivity index (χ3n) is 4.88. The van der Waals surface area contributed by atoms with Gasteiger partial charge in [-0.1, -0.05) is 32.6 Å². The van der Waals surface area contributed by atoms with Gasteiger partial charge in [0.25, 0.3) is 0 Å². The van der Waals surface area contributed by atoms with Gasteiger partial charge in [0.2, 0.25) is 0 Å². The molecule has 2 unspecified atom stereocenters. The van der Waals surface area contributed by atoms with Crippen molar-refractivity contribution >= 4 is 0 Å². The van der Waals surface area contributed by atoms with Crippen molar-refractivity contribution < 1.29 is 5.11 Å². The van der Waals surface area contributed by atoms with Gasteiger partial charge in [-0.25, -0.2) is 0 Å². The highest BCUT2D eigenvalue weighted by Crippen LogP contribution is 2.28. The molecule has 1 saturated carbocycles. The van der Waals surface area contributed by atoms with Gasteiger partial charge in [-0.2, -0.15) is 0 Å². The Morgan fingerprint density at radius 3 is 2.61 bits per heavy atom. The van der Waals surface area contributed by atoms with Gasteiger partial charge in [0.15, 0.2) is 0 Å². The van der Waals surface area contributed by atoms with Crippen LogP contribution >= 0.6 is 0 Å². The van der Waals surface area contributed by atoms with E-state index in [-0.39, 0.29) is 6.10 Å². The molecule has 2 fully saturated rings. The molecule has 0 bridgehead atoms. The van der Waals surface area contributed by atoms with E-state index in [0.29, 0.717) is 6.04 Å². The topological polar surface area (TPSA) is 26.7 Å². The number of aliphatic hydroxyl groups excluding tert-OH is 1. The molecule has 0 aromatic rings. The zero-order chi connectivity index (χ0) is 13.0. The van der Waals surface area contributed by atoms with Crippen LogP contribution in [0.4, 0.5) is 0 Å². The van der Waals surface area contributed by atoms with Crippen LogP contribution in [0.25, 0.3) is 0 Å². The summed E-state index contributed by atoms with van der Waals surface area (Å²) in [6, 6.07) is 0.678. The lowest BCUT2D eigenvalue weighted by molar-refractivity contribution is 0.0417. The molecule has 1 N–H and O–H groups in total. The normalized spacial score (nSPS) is 29.8. The van der Waals surface area contributed by atoms with Gasteiger partial charge in [0.05, 0.1) is 6.10 Å². The van der Waals surface area contributed by atoms with E-state index in [2.05, 4.69) is 23.8 Å². The van der Waals surface area contributed by atoms with Crippen LogP contribution in [0.15, 0.2) is 0 Å². The van der Waals surface area contributed by atoms with E-state index in [1.165, 1.54) is 32.1 Å². The molecular weight excluding hydrogens is 224 g/mol. The Morgan fingerprint density at radius 2 is 1.94 bits per heavy atom. The first-order chi connectivity index (χ1) is 8.69. The summed E-state index contributed by atoms with van der Waals surface area (Å²) in [6.07, 6.45) is 7.59. The third-order valence-corrected chi connectivity index (χ3v) is 4.88. The lowest BCUT2D eigenvalue weighted by Gasteiger charge is -2.40. The maximum absolute atomic E-state index is 10.2. The molecule has 2 rings (SSSR count). The summed E-state index contributed by atoms with van der Waals surface area (Å²) in [4.78, 5) is 4.92. The Kier molecular flexibility index (Phi) is 5.46. The number of β-amino-alcohol motifs (C(OH)–C–C–N with tert-alkyl or cyclic N) is 1. The number of nitrogens with zero attached hydrogens (tertiary/aromatic N) is 2. The van der Waals surface area contributed by atoms with Gasteiger partial charge in [0.1, 0.15) is 0 Å². The SMILES string of the molecule is CCC1CN(CC(O)CC2CCCC2)CCN1C. The Bertz CT molecular complexity index is 241. The summed E-state index contributed by atoms with van der Waals surface area (Å²) in [5.74, 6) is 0.800. The second-order valence-electron chi connectivity index (χ2n) is 6.34. The first kappa shape index (κ1) is 14.3. The summed E-state index contributed by atoms with van der Waals surface area (Å²) in [5, 5.41) is 10.2. The lowest BCUT2D eigenvalue weighted by Crippen LogP contribution is -2.52. The second-order valence-corrected chi connectivity index (χ2v) is 6.34. The Balaban J connectivity index is 1.71. The Hall–Kier alpha value is -0.120. The van der Waals surface area contributed by atoms with Crippen molar-refractivity contribution in [1.29, 1.82) is 0 Å². The lowest BCUT2D eigenvalue weighted by atomic mass is 9.99. The largest absolute Gasteiger partial charge is 0.392 e. The smallest absolute Gasteiger partial charge is 0.0669 e. The molecule has 1 aliphatic carbocycles. The van der Waals surface area contributed by atoms with E-state index in [9.17, 15) is 5.11 Å². The minimum atomic E-state index is -0.103. The van der Waals surface area contributed by atoms with E-state index in [0.717, 1.165) is 38.5 Å². The quantitative estimate of drug-likeness (QED) is 0.812. The first-order valence-electron chi connectivity index (χ1n) is 7.79. The number of hydrogen-bond donors (Lipinski definition) is 1. The first-order valence-corrected chi connectivity index (χ1v) is 7.79. The fourth-order valence-electron chi connectivity index (χ4n) is 3.62. The van der Waals surface area contributed by atoms with E-state index >= 15 is 0 Å². The van der Waals surface area contributed by atoms with Gasteiger partial charge in [-0.15, -0.1) is 0 Å². The molecule has 2 atom stereocenters. The molecule has 2 aliphatic rings. The predicted molar refractivity (Wildman–Crippen MR) is 75.7 cm³/mol. The minimum absolute atomic E-state index is 0.103. The highest BCUT2D eigenvalue weighted by atomic mass is 16.3. The van der Waals surface area contributed by atoms with Crippen LogP contribution in [0.5, 0.6) is 0 Å². The molecule has 3 heteroatoms. The highest BCUT2D eigenvalue weighted by Gasteiger charge is 2.25. The summed E-state index contributed by atoms with van der Waals surface area (Å²) in [6.45, 7) is 6.55. The number of rotatable bonds is 5. The fraction of sp³-hybridized carbons (Fsp3) is 1.00. The summed E-state index contributed by atoms with van der Waals surface area (Å²) < 4.78 is 0. The van der Waals surface area contributed by atoms with Crippen LogP contribution in [0, 0.1) is 5.92 Å². The molecular formula is C15H30N2O. The summed E-state index contributed by atoms with van der Waals surface area (Å²) in [7, 11) is 2.22. The van der Waals surface area contributed by atoms with Crippen LogP contribution in [-0.2, 0) is 0 Å². The molecule has 18 heavy (non-hydrogen) atoms. The summed E-state index contributed by atoms with van der Waals surface area (Å²) in [5.41, 5.74) is 0. The predicted octanol–water partition coefficient (Wildman–Crippen LogP) is 1.95. The minimum Gasteiger partial charge on any atom is -0.392 e. The van der Waals surface area contributed by atoms with E-state index in [1.54, 1.807) is 0 Å². The van der Waals surface area contributed by atoms with E-state index in [1.807, 2.05) is 0 Å². The van der Waals surface area contributed by atoms with Crippen LogP contribution in [-0.4, -0.2) is 60.3 Å². The van der Waals surface area contributed by atoms with Gasteiger partial charge in [0, 0.05) is 32.2 Å². The second kappa shape index (κ2) is 6.88. The molecule has 1 heterocycles. The molecule has 3 nitrogen and oxygen atoms in total. The van der Waals surface area contributed by atoms with Crippen LogP contribution < -0.4 is 0 Å². The van der Waals surface area contributed by atoms with Crippen molar-refractivity contribution in [2.45, 2.75) is 57.6 Å². The fourth-order valence-corrected chi connectivity index (χ4v) is 3.62. The number of likely N-dealkylation sites (N-methyl/N-ethyl adjacent to an activating group) is 1. The van der Waals surface area contributed by atoms with Crippen LogP contribution in [0.2, 0.25) is 0 Å². The average molecular weight is 254 g/mol. The molecule has 0 radical (unpaired) electrons. The van der Waals surface area contributed by atoms with Gasteiger partial charge in [-0.3, -0.25) is 4.90 Å². The van der Waals surface area contributed by atoms with Gasteiger partial charge < -0.3 is 10.0 Å². The highest BCUT2D eigenvalue weighted by molar-refractivity contribution is 4.81. The average Bonchev–Trinajstić information content (AvgIpc) is 2.84. The Morgan fingerprint density at radius 1 is 1.22 bits per heavy atom. The van der Waals surface area contributed by atoms with Crippen molar-refractivity contribution in [2.75, 3.05) is 33.2 Å². The number of piperazine rings is 1. The van der Waals surface area contributed by atoms with Gasteiger partial charge in [-0.05, 0) is 25.8 Å². The Labute approximate surface area is 112 Å². The molecule has 0 amide bonds. The van der Waals surface area contributed by atoms with Crippen molar-refractivity contribution in [1.82, 2.24) is 9.80 Å². The molecule has 1 aliphatic heterocycles. The standard InChI is InChI=1S/C15H30N2O/c1-3-14-11-17(9-8-16(14)2)12-15(18)10-13-6-4-5-7-13/h13-15,18H,3-12H2,1-2H3. The molecule has 0 spiro atoms. The van der Waals surface area contributed by atoms with Crippen molar-refractivity contribution in [2.24, 2.45) is 5.92 Å². The van der Waals surface area contributed by atoms with Crippen molar-refractivity contribution in [3.8, 4) is 0 Å². The molecule has 1 saturated heterocycles. The van der Waals surface area contributed by atoms with E-state index in [4.69, 9.17) is 0 Å². The maximum atomic E-state index is 10.2. The zero-order valence-electron chi connectivity index (χ0n) is 12.1. The van der Waals surface area contributed by atoms with Crippen LogP contribution in [0.1, 0.15) is 45.4 Å². The monoisotopic (exact) mass is 254 g/mol. The van der Waals surface area contributed by atoms with Crippen LogP contribution in [0.3, 0.4) is 0 Å². The van der Waals surface area contributed by atoms with Crippen molar-refractivity contribution in [3.05, 3.63) is 0 Å². The van der Waals surface area contributed by atoms with Crippen molar-refractivity contribution in [3.63, 3.8) is 0 Å². The molecule has 106 valence electrons. The molecule has 0 aromatic carbocycles. The zero-order valence-corrected chi connectivity index (χ0v) is 12.1. The van der Waals surface area contributed by atoms with E-state index < -0.39 is 0 Å². The number of hydrogen-bond acceptors (Lipinski definition) is 3. The summed E-state index contributed by atoms with van der Waals surface area (Å²) >= 11 is 0. The molecule has 0 aromatic heterocycles.